The number of hydrogen-bond donors (Lipinski definition) is 1. The molecule has 0 aliphatic carbocycles. The molecule has 1 aromatic carbocycles. The third-order valence-electron chi connectivity index (χ3n) is 2.42. The van der Waals surface area contributed by atoms with Crippen molar-refractivity contribution in [2.45, 2.75) is 6.61 Å². The summed E-state index contributed by atoms with van der Waals surface area (Å²) in [6.45, 7) is -2.43. The average Bonchev–Trinajstić information content (AvgIpc) is 2.67. The van der Waals surface area contributed by atoms with Gasteiger partial charge in [0.15, 0.2) is 0 Å². The summed E-state index contributed by atoms with van der Waals surface area (Å²) in [5.74, 6) is 0. The Labute approximate surface area is 97.2 Å². The highest BCUT2D eigenvalue weighted by Gasteiger charge is 2.05. The highest BCUT2D eigenvalue weighted by molar-refractivity contribution is 5.90. The Kier molecular flexibility index (Phi) is 3.53. The van der Waals surface area contributed by atoms with E-state index in [2.05, 4.69) is 15.2 Å². The lowest BCUT2D eigenvalue weighted by atomic mass is 10.2. The van der Waals surface area contributed by atoms with Crippen LogP contribution in [0.4, 0.5) is 14.5 Å². The van der Waals surface area contributed by atoms with Crippen LogP contribution in [0.15, 0.2) is 24.4 Å². The molecule has 6 heteroatoms. The molecule has 0 saturated carbocycles. The molecule has 0 aliphatic heterocycles. The number of alkyl halides is 2. The average molecular weight is 241 g/mol. The Morgan fingerprint density at radius 2 is 2.29 bits per heavy atom. The van der Waals surface area contributed by atoms with E-state index in [4.69, 9.17) is 0 Å². The molecule has 0 bridgehead atoms. The van der Waals surface area contributed by atoms with Crippen LogP contribution in [-0.2, 0) is 11.8 Å². The summed E-state index contributed by atoms with van der Waals surface area (Å²) in [7, 11) is 1.84. The van der Waals surface area contributed by atoms with Gasteiger partial charge in [0, 0.05) is 19.0 Å². The van der Waals surface area contributed by atoms with Crippen molar-refractivity contribution in [3.63, 3.8) is 0 Å². The largest absolute Gasteiger partial charge is 0.381 e. The van der Waals surface area contributed by atoms with Gasteiger partial charge in [-0.25, -0.2) is 0 Å². The van der Waals surface area contributed by atoms with E-state index in [1.165, 1.54) is 0 Å². The zero-order valence-electron chi connectivity index (χ0n) is 9.36. The number of anilines is 1. The van der Waals surface area contributed by atoms with Crippen molar-refractivity contribution in [2.24, 2.45) is 7.05 Å². The van der Waals surface area contributed by atoms with Crippen LogP contribution >= 0.6 is 0 Å². The third-order valence-corrected chi connectivity index (χ3v) is 2.42. The van der Waals surface area contributed by atoms with Gasteiger partial charge in [-0.05, 0) is 6.07 Å². The standard InChI is InChI=1S/C11H13F2N3O/c1-16-10-8(7-15-16)3-2-4-9(10)14-5-6-17-11(12)13/h2-4,7,11,14H,5-6H2,1H3. The molecule has 0 spiro atoms. The summed E-state index contributed by atoms with van der Waals surface area (Å²) in [5.41, 5.74) is 1.81. The second-order valence-electron chi connectivity index (χ2n) is 3.57. The van der Waals surface area contributed by atoms with Crippen molar-refractivity contribution in [3.8, 4) is 0 Å². The van der Waals surface area contributed by atoms with Crippen LogP contribution in [0.2, 0.25) is 0 Å². The number of nitrogens with zero attached hydrogens (tertiary/aromatic N) is 2. The number of fused-ring (bicyclic) bond motifs is 1. The topological polar surface area (TPSA) is 39.1 Å². The second-order valence-corrected chi connectivity index (χ2v) is 3.57. The molecule has 0 saturated heterocycles. The van der Waals surface area contributed by atoms with Crippen LogP contribution < -0.4 is 5.32 Å². The SMILES string of the molecule is Cn1ncc2cccc(NCCOC(F)F)c21. The fourth-order valence-electron chi connectivity index (χ4n) is 1.71. The van der Waals surface area contributed by atoms with Crippen LogP contribution in [0, 0.1) is 0 Å². The Bertz CT molecular complexity index is 498. The van der Waals surface area contributed by atoms with Gasteiger partial charge >= 0.3 is 6.61 Å². The molecule has 0 unspecified atom stereocenters. The minimum absolute atomic E-state index is 0.0358. The molecule has 0 atom stereocenters. The van der Waals surface area contributed by atoms with Gasteiger partial charge in [-0.1, -0.05) is 12.1 Å². The van der Waals surface area contributed by atoms with Gasteiger partial charge in [-0.2, -0.15) is 13.9 Å². The number of para-hydroxylation sites is 1. The van der Waals surface area contributed by atoms with Gasteiger partial charge in [-0.3, -0.25) is 4.68 Å². The summed E-state index contributed by atoms with van der Waals surface area (Å²) in [6.07, 6.45) is 1.76. The molecule has 2 aromatic rings. The van der Waals surface area contributed by atoms with Crippen LogP contribution in [0.25, 0.3) is 10.9 Å². The summed E-state index contributed by atoms with van der Waals surface area (Å²) in [6, 6.07) is 5.72. The number of ether oxygens (including phenoxy) is 1. The van der Waals surface area contributed by atoms with Gasteiger partial charge in [0.05, 0.1) is 24.0 Å². The first-order chi connectivity index (χ1) is 8.18. The van der Waals surface area contributed by atoms with E-state index in [9.17, 15) is 8.78 Å². The van der Waals surface area contributed by atoms with Crippen LogP contribution in [0.1, 0.15) is 0 Å². The van der Waals surface area contributed by atoms with E-state index in [0.717, 1.165) is 16.6 Å². The maximum Gasteiger partial charge on any atom is 0.345 e. The van der Waals surface area contributed by atoms with Crippen LogP contribution in [0.5, 0.6) is 0 Å². The summed E-state index contributed by atoms with van der Waals surface area (Å²) >= 11 is 0. The molecule has 0 aliphatic rings. The zero-order valence-corrected chi connectivity index (χ0v) is 9.36. The minimum Gasteiger partial charge on any atom is -0.381 e. The maximum absolute atomic E-state index is 11.8. The monoisotopic (exact) mass is 241 g/mol. The lowest BCUT2D eigenvalue weighted by Crippen LogP contribution is -2.12. The van der Waals surface area contributed by atoms with E-state index in [0.29, 0.717) is 6.54 Å². The molecule has 4 nitrogen and oxygen atoms in total. The van der Waals surface area contributed by atoms with Gasteiger partial charge in [0.2, 0.25) is 0 Å². The predicted octanol–water partition coefficient (Wildman–Crippen LogP) is 2.22. The Morgan fingerprint density at radius 1 is 1.47 bits per heavy atom. The van der Waals surface area contributed by atoms with E-state index in [-0.39, 0.29) is 6.61 Å². The number of aryl methyl sites for hydroxylation is 1. The highest BCUT2D eigenvalue weighted by Crippen LogP contribution is 2.21. The summed E-state index contributed by atoms with van der Waals surface area (Å²) in [4.78, 5) is 0. The van der Waals surface area contributed by atoms with Crippen molar-refractivity contribution in [2.75, 3.05) is 18.5 Å². The quantitative estimate of drug-likeness (QED) is 0.816. The van der Waals surface area contributed by atoms with E-state index in [1.54, 1.807) is 10.9 Å². The predicted molar refractivity (Wildman–Crippen MR) is 61.2 cm³/mol. The number of benzene rings is 1. The maximum atomic E-state index is 11.8. The molecule has 1 N–H and O–H groups in total. The zero-order chi connectivity index (χ0) is 12.3. The second kappa shape index (κ2) is 5.09. The fourth-order valence-corrected chi connectivity index (χ4v) is 1.71. The lowest BCUT2D eigenvalue weighted by Gasteiger charge is -2.08. The van der Waals surface area contributed by atoms with Gasteiger partial charge in [-0.15, -0.1) is 0 Å². The Morgan fingerprint density at radius 3 is 3.06 bits per heavy atom. The first-order valence-electron chi connectivity index (χ1n) is 5.23. The van der Waals surface area contributed by atoms with Gasteiger partial charge < -0.3 is 10.1 Å². The first kappa shape index (κ1) is 11.8. The van der Waals surface area contributed by atoms with Crippen LogP contribution in [-0.4, -0.2) is 29.5 Å². The lowest BCUT2D eigenvalue weighted by molar-refractivity contribution is -0.125. The fraction of sp³-hybridized carbons (Fsp3) is 0.364. The van der Waals surface area contributed by atoms with Crippen molar-refractivity contribution in [3.05, 3.63) is 24.4 Å². The Hall–Kier alpha value is -1.69. The van der Waals surface area contributed by atoms with Crippen molar-refractivity contribution >= 4 is 16.6 Å². The van der Waals surface area contributed by atoms with Crippen molar-refractivity contribution in [1.29, 1.82) is 0 Å². The summed E-state index contributed by atoms with van der Waals surface area (Å²) < 4.78 is 29.4. The van der Waals surface area contributed by atoms with Crippen molar-refractivity contribution in [1.82, 2.24) is 9.78 Å². The third kappa shape index (κ3) is 2.71. The molecular weight excluding hydrogens is 228 g/mol. The molecule has 2 rings (SSSR count). The molecule has 0 radical (unpaired) electrons. The van der Waals surface area contributed by atoms with Gasteiger partial charge in [0.1, 0.15) is 0 Å². The minimum atomic E-state index is -2.72. The molecule has 1 aromatic heterocycles. The smallest absolute Gasteiger partial charge is 0.345 e. The molecule has 92 valence electrons. The molecule has 0 amide bonds. The van der Waals surface area contributed by atoms with Crippen LogP contribution in [0.3, 0.4) is 0 Å². The van der Waals surface area contributed by atoms with E-state index < -0.39 is 6.61 Å². The van der Waals surface area contributed by atoms with Crippen molar-refractivity contribution < 1.29 is 13.5 Å². The number of nitrogens with one attached hydrogen (secondary N) is 1. The molecule has 1 heterocycles. The van der Waals surface area contributed by atoms with E-state index >= 15 is 0 Å². The first-order valence-corrected chi connectivity index (χ1v) is 5.23. The highest BCUT2D eigenvalue weighted by atomic mass is 19.3. The summed E-state index contributed by atoms with van der Waals surface area (Å²) in [5, 5.41) is 8.20. The number of hydrogen-bond acceptors (Lipinski definition) is 3. The number of aromatic nitrogens is 2. The number of halogens is 2. The molecule has 0 fully saturated rings. The Balaban J connectivity index is 2.05. The number of rotatable bonds is 5. The van der Waals surface area contributed by atoms with E-state index in [1.807, 2.05) is 25.2 Å². The molecule has 17 heavy (non-hydrogen) atoms. The normalized spacial score (nSPS) is 11.3. The molecular formula is C11H13F2N3O. The van der Waals surface area contributed by atoms with Gasteiger partial charge in [0.25, 0.3) is 0 Å².